The zero-order valence-corrected chi connectivity index (χ0v) is 21.2. The summed E-state index contributed by atoms with van der Waals surface area (Å²) in [6.07, 6.45) is 0. The predicted octanol–water partition coefficient (Wildman–Crippen LogP) is 5.34. The Kier molecular flexibility index (Phi) is 6.54. The summed E-state index contributed by atoms with van der Waals surface area (Å²) in [7, 11) is 3.03. The molecule has 3 aromatic carbocycles. The summed E-state index contributed by atoms with van der Waals surface area (Å²) in [6.45, 7) is 2.41. The highest BCUT2D eigenvalue weighted by Gasteiger charge is 2.49. The van der Waals surface area contributed by atoms with Gasteiger partial charge in [-0.3, -0.25) is 14.5 Å². The van der Waals surface area contributed by atoms with Crippen LogP contribution in [0.3, 0.4) is 0 Å². The van der Waals surface area contributed by atoms with Crippen molar-refractivity contribution in [1.29, 1.82) is 0 Å². The molecule has 0 saturated carbocycles. The highest BCUT2D eigenvalue weighted by Crippen LogP contribution is 2.47. The largest absolute Gasteiger partial charge is 0.507 e. The van der Waals surface area contributed by atoms with Crippen LogP contribution < -0.4 is 19.1 Å². The van der Waals surface area contributed by atoms with E-state index in [-0.39, 0.29) is 11.3 Å². The summed E-state index contributed by atoms with van der Waals surface area (Å²) in [5.41, 5.74) is 1.49. The van der Waals surface area contributed by atoms with Crippen LogP contribution in [0, 0.1) is 0 Å². The smallest absolute Gasteiger partial charge is 0.301 e. The first kappa shape index (κ1) is 24.3. The number of anilines is 1. The summed E-state index contributed by atoms with van der Waals surface area (Å²) >= 11 is 1.26. The maximum atomic E-state index is 13.5. The molecule has 1 saturated heterocycles. The lowest BCUT2D eigenvalue weighted by atomic mass is 9.94. The number of hydrogen-bond acceptors (Lipinski definition) is 8. The monoisotopic (exact) mass is 516 g/mol. The van der Waals surface area contributed by atoms with E-state index >= 15 is 0 Å². The van der Waals surface area contributed by atoms with Crippen molar-refractivity contribution in [3.05, 3.63) is 83.4 Å². The van der Waals surface area contributed by atoms with Crippen LogP contribution in [0.15, 0.2) is 72.3 Å². The number of aliphatic hydroxyl groups is 1. The number of ketones is 1. The van der Waals surface area contributed by atoms with E-state index in [2.05, 4.69) is 4.98 Å². The Bertz CT molecular complexity index is 1530. The van der Waals surface area contributed by atoms with E-state index in [1.165, 1.54) is 30.5 Å². The number of benzene rings is 3. The minimum absolute atomic E-state index is 0.0583. The Labute approximate surface area is 217 Å². The number of thiazole rings is 1. The molecule has 188 valence electrons. The zero-order chi connectivity index (χ0) is 26.1. The Morgan fingerprint density at radius 2 is 1.76 bits per heavy atom. The quantitative estimate of drug-likeness (QED) is 0.201. The molecule has 1 fully saturated rings. The van der Waals surface area contributed by atoms with Crippen molar-refractivity contribution >= 4 is 44.1 Å². The van der Waals surface area contributed by atoms with Gasteiger partial charge in [-0.25, -0.2) is 4.98 Å². The first-order valence-electron chi connectivity index (χ1n) is 11.6. The van der Waals surface area contributed by atoms with Gasteiger partial charge < -0.3 is 19.3 Å². The Morgan fingerprint density at radius 1 is 1.00 bits per heavy atom. The molecule has 0 spiro atoms. The second-order valence-corrected chi connectivity index (χ2v) is 9.21. The third kappa shape index (κ3) is 4.27. The minimum atomic E-state index is -1.00. The number of nitrogens with zero attached hydrogens (tertiary/aromatic N) is 2. The Morgan fingerprint density at radius 3 is 2.46 bits per heavy atom. The van der Waals surface area contributed by atoms with Crippen LogP contribution in [0.2, 0.25) is 0 Å². The third-order valence-electron chi connectivity index (χ3n) is 6.09. The highest BCUT2D eigenvalue weighted by molar-refractivity contribution is 7.22. The number of amides is 1. The van der Waals surface area contributed by atoms with Gasteiger partial charge in [0.05, 0.1) is 36.6 Å². The second-order valence-electron chi connectivity index (χ2n) is 8.20. The van der Waals surface area contributed by atoms with Crippen molar-refractivity contribution in [2.24, 2.45) is 0 Å². The number of fused-ring (bicyclic) bond motifs is 1. The predicted molar refractivity (Wildman–Crippen MR) is 142 cm³/mol. The van der Waals surface area contributed by atoms with Crippen LogP contribution in [0.5, 0.6) is 17.2 Å². The number of aliphatic hydroxyl groups excluding tert-OH is 1. The lowest BCUT2D eigenvalue weighted by Crippen LogP contribution is -2.29. The first-order chi connectivity index (χ1) is 18.0. The Balaban J connectivity index is 1.75. The molecule has 1 atom stereocenters. The molecule has 1 aromatic heterocycles. The number of hydrogen-bond donors (Lipinski definition) is 1. The van der Waals surface area contributed by atoms with Gasteiger partial charge in [0.15, 0.2) is 5.13 Å². The molecule has 4 aromatic rings. The van der Waals surface area contributed by atoms with E-state index in [0.29, 0.717) is 45.6 Å². The molecule has 5 rings (SSSR count). The van der Waals surface area contributed by atoms with Crippen molar-refractivity contribution in [1.82, 2.24) is 4.98 Å². The third-order valence-corrected chi connectivity index (χ3v) is 7.11. The van der Waals surface area contributed by atoms with Gasteiger partial charge in [-0.15, -0.1) is 0 Å². The number of carbonyl (C=O) groups is 2. The minimum Gasteiger partial charge on any atom is -0.507 e. The second kappa shape index (κ2) is 9.94. The molecule has 1 aliphatic rings. The summed E-state index contributed by atoms with van der Waals surface area (Å²) in [5, 5.41) is 11.6. The average Bonchev–Trinajstić information content (AvgIpc) is 3.46. The van der Waals surface area contributed by atoms with Crippen LogP contribution in [0.25, 0.3) is 16.0 Å². The number of aromatic nitrogens is 1. The molecule has 0 bridgehead atoms. The molecule has 37 heavy (non-hydrogen) atoms. The van der Waals surface area contributed by atoms with Crippen molar-refractivity contribution in [2.45, 2.75) is 13.0 Å². The van der Waals surface area contributed by atoms with Crippen LogP contribution in [0.4, 0.5) is 5.13 Å². The SMILES string of the molecule is CCOc1ccc2nc(N3C(=O)C(=O)C(=C(O)c4ccccc4)C3c3cc(OC)ccc3OC)sc2c1. The molecule has 2 heterocycles. The number of rotatable bonds is 7. The van der Waals surface area contributed by atoms with Gasteiger partial charge in [0, 0.05) is 11.1 Å². The lowest BCUT2D eigenvalue weighted by molar-refractivity contribution is -0.132. The Hall–Kier alpha value is -4.37. The van der Waals surface area contributed by atoms with Crippen molar-refractivity contribution in [3.8, 4) is 17.2 Å². The highest BCUT2D eigenvalue weighted by atomic mass is 32.1. The van der Waals surface area contributed by atoms with Gasteiger partial charge >= 0.3 is 5.91 Å². The molecule has 1 unspecified atom stereocenters. The zero-order valence-electron chi connectivity index (χ0n) is 20.4. The van der Waals surface area contributed by atoms with Gasteiger partial charge in [-0.2, -0.15) is 0 Å². The summed E-state index contributed by atoms with van der Waals surface area (Å²) in [4.78, 5) is 33.0. The molecule has 1 aliphatic heterocycles. The molecule has 1 amide bonds. The van der Waals surface area contributed by atoms with Crippen molar-refractivity contribution < 1.29 is 28.9 Å². The summed E-state index contributed by atoms with van der Waals surface area (Å²) in [5.74, 6) is -0.275. The topological polar surface area (TPSA) is 98.2 Å². The van der Waals surface area contributed by atoms with Crippen molar-refractivity contribution in [2.75, 3.05) is 25.7 Å². The van der Waals surface area contributed by atoms with Crippen LogP contribution >= 0.6 is 11.3 Å². The molecule has 0 aliphatic carbocycles. The summed E-state index contributed by atoms with van der Waals surface area (Å²) < 4.78 is 17.4. The fourth-order valence-electron chi connectivity index (χ4n) is 4.38. The molecule has 9 heteroatoms. The van der Waals surface area contributed by atoms with E-state index in [4.69, 9.17) is 14.2 Å². The normalized spacial score (nSPS) is 16.8. The van der Waals surface area contributed by atoms with Crippen LogP contribution in [-0.2, 0) is 9.59 Å². The molecular formula is C28H24N2O6S. The molecular weight excluding hydrogens is 492 g/mol. The molecule has 1 N–H and O–H groups in total. The van der Waals surface area contributed by atoms with Gasteiger partial charge in [-0.05, 0) is 43.3 Å². The fourth-order valence-corrected chi connectivity index (χ4v) is 5.40. The van der Waals surface area contributed by atoms with E-state index in [9.17, 15) is 14.7 Å². The lowest BCUT2D eigenvalue weighted by Gasteiger charge is -2.25. The van der Waals surface area contributed by atoms with E-state index in [0.717, 1.165) is 4.70 Å². The number of ether oxygens (including phenoxy) is 3. The summed E-state index contributed by atoms with van der Waals surface area (Å²) in [6, 6.07) is 18.2. The number of methoxy groups -OCH3 is 2. The van der Waals surface area contributed by atoms with Gasteiger partial charge in [0.25, 0.3) is 5.78 Å². The number of carbonyl (C=O) groups excluding carboxylic acids is 2. The van der Waals surface area contributed by atoms with E-state index in [1.54, 1.807) is 54.6 Å². The van der Waals surface area contributed by atoms with Gasteiger partial charge in [0.1, 0.15) is 29.0 Å². The van der Waals surface area contributed by atoms with Gasteiger partial charge in [0.2, 0.25) is 0 Å². The number of Topliss-reactive ketones (excluding diaryl/α,β-unsaturated/α-hetero) is 1. The van der Waals surface area contributed by atoms with Gasteiger partial charge in [-0.1, -0.05) is 41.7 Å². The standard InChI is InChI=1S/C28H24N2O6S/c1-4-36-18-10-12-20-22(15-18)37-28(29-20)30-24(19-14-17(34-2)11-13-21(19)35-3)23(26(32)27(30)33)25(31)16-8-6-5-7-9-16/h5-15,24,31H,4H2,1-3H3. The maximum Gasteiger partial charge on any atom is 0.301 e. The van der Waals surface area contributed by atoms with Crippen LogP contribution in [-0.4, -0.2) is 42.6 Å². The maximum absolute atomic E-state index is 13.5. The molecule has 8 nitrogen and oxygen atoms in total. The average molecular weight is 517 g/mol. The first-order valence-corrected chi connectivity index (χ1v) is 12.4. The van der Waals surface area contributed by atoms with E-state index < -0.39 is 17.7 Å². The molecule has 0 radical (unpaired) electrons. The van der Waals surface area contributed by atoms with Crippen molar-refractivity contribution in [3.63, 3.8) is 0 Å². The fraction of sp³-hybridized carbons (Fsp3) is 0.179. The van der Waals surface area contributed by atoms with Crippen LogP contribution in [0.1, 0.15) is 24.1 Å². The van der Waals surface area contributed by atoms with E-state index in [1.807, 2.05) is 19.1 Å².